The molecule has 6 nitrogen and oxygen atoms in total. The number of hydrogen-bond donors (Lipinski definition) is 0. The molecule has 0 fully saturated rings. The largest absolute Gasteiger partial charge is 0.437 e. The van der Waals surface area contributed by atoms with Crippen LogP contribution < -0.4 is 29.5 Å². The number of nitrogens with zero attached hydrogens (tertiary/aromatic N) is 3. The van der Waals surface area contributed by atoms with Gasteiger partial charge in [0.15, 0.2) is 0 Å². The first-order valence-electron chi connectivity index (χ1n) is 14.7. The molecular weight excluding hydrogens is 615 g/mol. The van der Waals surface area contributed by atoms with Gasteiger partial charge in [0.25, 0.3) is 22.3 Å². The number of para-hydroxylation sites is 3. The van der Waals surface area contributed by atoms with E-state index in [1.54, 1.807) is 0 Å². The summed E-state index contributed by atoms with van der Waals surface area (Å²) >= 11 is 0. The fraction of sp³-hybridized carbons (Fsp3) is 0. The molecule has 0 unspecified atom stereocenters. The van der Waals surface area contributed by atoms with Gasteiger partial charge in [0, 0.05) is 16.7 Å². The zero-order valence-electron chi connectivity index (χ0n) is 23.8. The Morgan fingerprint density at radius 3 is 0.844 bits per heavy atom. The molecule has 4 heterocycles. The average molecular weight is 640 g/mol. The van der Waals surface area contributed by atoms with Crippen LogP contribution in [0.4, 0.5) is 0 Å². The van der Waals surface area contributed by atoms with Crippen LogP contribution in [0.25, 0.3) is 33.4 Å². The second-order valence-electron chi connectivity index (χ2n) is 11.2. The van der Waals surface area contributed by atoms with E-state index in [0.717, 1.165) is 66.5 Å². The van der Waals surface area contributed by atoms with E-state index in [4.69, 9.17) is 27.1 Å². The molecule has 0 bridgehead atoms. The third-order valence-corrected chi connectivity index (χ3v) is 18.8. The lowest BCUT2D eigenvalue weighted by Crippen LogP contribution is -2.25. The Morgan fingerprint density at radius 1 is 0.289 bits per heavy atom. The number of fused-ring (bicyclic) bond motifs is 12. The van der Waals surface area contributed by atoms with Crippen molar-refractivity contribution in [2.45, 2.75) is 0 Å². The monoisotopic (exact) mass is 639 g/mol. The van der Waals surface area contributed by atoms with Gasteiger partial charge in [-0.1, -0.05) is 109 Å². The van der Waals surface area contributed by atoms with E-state index in [9.17, 15) is 0 Å². The maximum Gasteiger partial charge on any atom is 0.289 e. The SMILES string of the molecule is c1ccc2c(c1)OP1(=NP3(=NP4(=N1)Oc1ccccc1-c1ccccc14)Oc1ccccc1-c1ccccc13)c1ccccc1-2. The van der Waals surface area contributed by atoms with Gasteiger partial charge >= 0.3 is 0 Å². The third-order valence-electron chi connectivity index (χ3n) is 8.59. The predicted octanol–water partition coefficient (Wildman–Crippen LogP) is 10.2. The molecule has 0 saturated carbocycles. The van der Waals surface area contributed by atoms with Gasteiger partial charge in [-0.15, -0.1) is 0 Å². The van der Waals surface area contributed by atoms with Gasteiger partial charge in [-0.25, -0.2) is 0 Å². The Bertz CT molecular complexity index is 2150. The number of rotatable bonds is 0. The molecule has 0 amide bonds. The summed E-state index contributed by atoms with van der Waals surface area (Å²) in [5, 5.41) is 2.87. The lowest BCUT2D eigenvalue weighted by Gasteiger charge is -2.41. The molecular formula is C36H24N3O3P3. The van der Waals surface area contributed by atoms with Crippen molar-refractivity contribution in [3.05, 3.63) is 146 Å². The topological polar surface area (TPSA) is 64.8 Å². The summed E-state index contributed by atoms with van der Waals surface area (Å²) < 4.78 is 38.6. The van der Waals surface area contributed by atoms with Crippen molar-refractivity contribution in [3.63, 3.8) is 0 Å². The van der Waals surface area contributed by atoms with Crippen molar-refractivity contribution in [1.29, 1.82) is 0 Å². The molecule has 0 aromatic heterocycles. The van der Waals surface area contributed by atoms with E-state index in [-0.39, 0.29) is 0 Å². The summed E-state index contributed by atoms with van der Waals surface area (Å²) in [5.41, 5.74) is 6.27. The van der Waals surface area contributed by atoms with Crippen molar-refractivity contribution in [3.8, 4) is 50.6 Å². The second-order valence-corrected chi connectivity index (χ2v) is 18.6. The molecule has 216 valence electrons. The summed E-state index contributed by atoms with van der Waals surface area (Å²) in [5.74, 6) is 2.27. The molecule has 6 aromatic rings. The third kappa shape index (κ3) is 3.56. The van der Waals surface area contributed by atoms with Gasteiger partial charge in [0.05, 0.1) is 15.9 Å². The van der Waals surface area contributed by atoms with Crippen LogP contribution in [0.3, 0.4) is 0 Å². The highest BCUT2D eigenvalue weighted by atomic mass is 31.3. The first kappa shape index (κ1) is 25.7. The Morgan fingerprint density at radius 2 is 0.533 bits per heavy atom. The molecule has 10 rings (SSSR count). The smallest absolute Gasteiger partial charge is 0.289 e. The van der Waals surface area contributed by atoms with Gasteiger partial charge in [-0.2, -0.15) is 13.5 Å². The maximum absolute atomic E-state index is 7.16. The van der Waals surface area contributed by atoms with Gasteiger partial charge in [-0.05, 0) is 53.1 Å². The average Bonchev–Trinajstić information content (AvgIpc) is 3.09. The van der Waals surface area contributed by atoms with Gasteiger partial charge in [0.1, 0.15) is 17.2 Å². The number of hydrogen-bond acceptors (Lipinski definition) is 6. The molecule has 9 heteroatoms. The van der Waals surface area contributed by atoms with Gasteiger partial charge in [0.2, 0.25) is 0 Å². The Labute approximate surface area is 260 Å². The molecule has 0 aliphatic carbocycles. The van der Waals surface area contributed by atoms with Crippen LogP contribution in [-0.4, -0.2) is 0 Å². The van der Waals surface area contributed by atoms with Crippen molar-refractivity contribution in [2.75, 3.05) is 0 Å². The molecule has 4 aliphatic heterocycles. The number of benzene rings is 6. The predicted molar refractivity (Wildman–Crippen MR) is 184 cm³/mol. The Hall–Kier alpha value is -4.59. The van der Waals surface area contributed by atoms with E-state index in [1.165, 1.54) is 0 Å². The highest BCUT2D eigenvalue weighted by Gasteiger charge is 2.50. The fourth-order valence-electron chi connectivity index (χ4n) is 6.68. The summed E-state index contributed by atoms with van der Waals surface area (Å²) in [4.78, 5) is 0. The van der Waals surface area contributed by atoms with E-state index in [1.807, 2.05) is 72.8 Å². The van der Waals surface area contributed by atoms with Crippen LogP contribution in [0.15, 0.2) is 159 Å². The molecule has 45 heavy (non-hydrogen) atoms. The quantitative estimate of drug-likeness (QED) is 0.155. The highest BCUT2D eigenvalue weighted by Crippen LogP contribution is 2.80. The fourth-order valence-corrected chi connectivity index (χ4v) is 19.2. The zero-order chi connectivity index (χ0) is 29.6. The molecule has 0 saturated heterocycles. The molecule has 3 spiro atoms. The summed E-state index contributed by atoms with van der Waals surface area (Å²) in [7, 11) is -9.61. The van der Waals surface area contributed by atoms with Crippen LogP contribution in [0, 0.1) is 0 Å². The maximum atomic E-state index is 7.16. The Kier molecular flexibility index (Phi) is 5.27. The standard InChI is InChI=1S/C36H24N3O3P3/c1-7-19-31-25(13-1)28-16-4-10-22-34(28)43(40-31)37-44(35-23-11-5-17-29(35)26-14-2-8-20-32(26)41-44)39-45(38-43)36-24-12-6-18-30(36)27-15-3-9-21-33(27)42-45/h1-24H. The molecule has 0 radical (unpaired) electrons. The molecule has 4 aliphatic rings. The normalized spacial score (nSPS) is 24.0. The van der Waals surface area contributed by atoms with Crippen LogP contribution in [0.5, 0.6) is 17.2 Å². The van der Waals surface area contributed by atoms with Crippen LogP contribution in [0.2, 0.25) is 0 Å². The minimum absolute atomic E-state index is 0.756. The second kappa shape index (κ2) is 9.22. The lowest BCUT2D eigenvalue weighted by atomic mass is 10.0. The summed E-state index contributed by atoms with van der Waals surface area (Å²) in [6.45, 7) is 0. The summed E-state index contributed by atoms with van der Waals surface area (Å²) in [6, 6.07) is 49.5. The lowest BCUT2D eigenvalue weighted by molar-refractivity contribution is 0.588. The van der Waals surface area contributed by atoms with Gasteiger partial charge in [-0.3, -0.25) is 0 Å². The molecule has 0 atom stereocenters. The first-order valence-corrected chi connectivity index (χ1v) is 19.6. The van der Waals surface area contributed by atoms with Crippen molar-refractivity contribution >= 4 is 38.2 Å². The van der Waals surface area contributed by atoms with E-state index >= 15 is 0 Å². The van der Waals surface area contributed by atoms with Gasteiger partial charge < -0.3 is 13.6 Å². The zero-order valence-corrected chi connectivity index (χ0v) is 26.4. The van der Waals surface area contributed by atoms with E-state index in [2.05, 4.69) is 72.8 Å². The minimum Gasteiger partial charge on any atom is -0.437 e. The van der Waals surface area contributed by atoms with Crippen molar-refractivity contribution in [1.82, 2.24) is 0 Å². The van der Waals surface area contributed by atoms with Crippen LogP contribution >= 0.6 is 22.3 Å². The minimum atomic E-state index is -3.20. The van der Waals surface area contributed by atoms with Crippen molar-refractivity contribution in [2.24, 2.45) is 13.5 Å². The Balaban J connectivity index is 1.40. The molecule has 6 aromatic carbocycles. The highest BCUT2D eigenvalue weighted by molar-refractivity contribution is 7.90. The van der Waals surface area contributed by atoms with E-state index in [0.29, 0.717) is 0 Å². The van der Waals surface area contributed by atoms with Crippen molar-refractivity contribution < 1.29 is 13.6 Å². The van der Waals surface area contributed by atoms with Crippen LogP contribution in [0.1, 0.15) is 0 Å². The van der Waals surface area contributed by atoms with Crippen LogP contribution in [-0.2, 0) is 0 Å². The van der Waals surface area contributed by atoms with E-state index < -0.39 is 22.3 Å². The summed E-state index contributed by atoms with van der Waals surface area (Å²) in [6.07, 6.45) is 0. The molecule has 0 N–H and O–H groups in total. The first-order chi connectivity index (χ1) is 22.2.